The predicted molar refractivity (Wildman–Crippen MR) is 103 cm³/mol. The lowest BCUT2D eigenvalue weighted by atomic mass is 10.0. The summed E-state index contributed by atoms with van der Waals surface area (Å²) < 4.78 is 24.8. The first-order valence-corrected chi connectivity index (χ1v) is 9.57. The van der Waals surface area contributed by atoms with Crippen LogP contribution in [0.15, 0.2) is 23.9 Å². The third kappa shape index (κ3) is 3.41. The molecule has 0 radical (unpaired) electrons. The Kier molecular flexibility index (Phi) is 5.06. The molecule has 3 aliphatic rings. The van der Waals surface area contributed by atoms with Gasteiger partial charge in [0.1, 0.15) is 6.17 Å². The number of morpholine rings is 1. The first-order valence-electron chi connectivity index (χ1n) is 9.57. The fraction of sp³-hybridized carbons (Fsp3) is 0.550. The van der Waals surface area contributed by atoms with Crippen molar-refractivity contribution in [1.82, 2.24) is 5.32 Å². The molecule has 146 valence electrons. The lowest BCUT2D eigenvalue weighted by molar-refractivity contribution is -0.113. The molecular weight excluding hydrogens is 349 g/mol. The van der Waals surface area contributed by atoms with Crippen LogP contribution >= 0.6 is 0 Å². The van der Waals surface area contributed by atoms with Crippen LogP contribution in [0.4, 0.5) is 15.8 Å². The van der Waals surface area contributed by atoms with Crippen LogP contribution in [0.25, 0.3) is 5.57 Å². The Morgan fingerprint density at radius 1 is 1.30 bits per heavy atom. The zero-order valence-corrected chi connectivity index (χ0v) is 15.8. The average molecular weight is 375 g/mol. The van der Waals surface area contributed by atoms with Gasteiger partial charge in [0.15, 0.2) is 0 Å². The normalized spacial score (nSPS) is 28.3. The van der Waals surface area contributed by atoms with Crippen LogP contribution in [-0.2, 0) is 14.3 Å². The van der Waals surface area contributed by atoms with Gasteiger partial charge in [0, 0.05) is 30.4 Å². The molecule has 1 aromatic carbocycles. The first kappa shape index (κ1) is 18.3. The van der Waals surface area contributed by atoms with Crippen molar-refractivity contribution in [3.05, 3.63) is 29.5 Å². The Labute approximate surface area is 158 Å². The summed E-state index contributed by atoms with van der Waals surface area (Å²) in [5, 5.41) is 6.59. The largest absolute Gasteiger partial charge is 0.383 e. The van der Waals surface area contributed by atoms with Crippen molar-refractivity contribution in [2.24, 2.45) is 0 Å². The second-order valence-electron chi connectivity index (χ2n) is 7.46. The lowest BCUT2D eigenvalue weighted by Crippen LogP contribution is -2.39. The van der Waals surface area contributed by atoms with Crippen LogP contribution in [-0.4, -0.2) is 57.1 Å². The van der Waals surface area contributed by atoms with Crippen LogP contribution in [0.2, 0.25) is 0 Å². The minimum Gasteiger partial charge on any atom is -0.383 e. The Balaban J connectivity index is 1.70. The highest BCUT2D eigenvalue weighted by Gasteiger charge is 2.37. The number of rotatable bonds is 3. The Bertz CT molecular complexity index is 757. The molecule has 27 heavy (non-hydrogen) atoms. The summed E-state index contributed by atoms with van der Waals surface area (Å²) in [6.45, 7) is 6.40. The molecule has 3 heterocycles. The number of nitrogens with zero attached hydrogens (tertiary/aromatic N) is 1. The molecule has 0 saturated carbocycles. The highest BCUT2D eigenvalue weighted by atomic mass is 19.1. The van der Waals surface area contributed by atoms with E-state index >= 15 is 0 Å². The number of amides is 1. The fourth-order valence-electron chi connectivity index (χ4n) is 3.93. The van der Waals surface area contributed by atoms with Gasteiger partial charge in [0.2, 0.25) is 0 Å². The quantitative estimate of drug-likeness (QED) is 0.794. The third-order valence-electron chi connectivity index (χ3n) is 5.25. The van der Waals surface area contributed by atoms with Gasteiger partial charge in [-0.25, -0.2) is 4.39 Å². The van der Waals surface area contributed by atoms with Crippen molar-refractivity contribution in [2.75, 3.05) is 43.2 Å². The van der Waals surface area contributed by atoms with E-state index in [1.165, 1.54) is 0 Å². The van der Waals surface area contributed by atoms with Crippen LogP contribution in [0.5, 0.6) is 0 Å². The van der Waals surface area contributed by atoms with Gasteiger partial charge in [0.25, 0.3) is 5.91 Å². The van der Waals surface area contributed by atoms with E-state index in [4.69, 9.17) is 9.47 Å². The smallest absolute Gasteiger partial charge is 0.261 e. The van der Waals surface area contributed by atoms with E-state index < -0.39 is 6.17 Å². The van der Waals surface area contributed by atoms with E-state index in [1.54, 1.807) is 0 Å². The van der Waals surface area contributed by atoms with Crippen LogP contribution in [0.1, 0.15) is 25.8 Å². The van der Waals surface area contributed by atoms with Gasteiger partial charge >= 0.3 is 0 Å². The predicted octanol–water partition coefficient (Wildman–Crippen LogP) is 2.31. The van der Waals surface area contributed by atoms with Gasteiger partial charge < -0.3 is 25.0 Å². The lowest BCUT2D eigenvalue weighted by Gasteiger charge is -2.28. The van der Waals surface area contributed by atoms with Crippen molar-refractivity contribution >= 4 is 22.9 Å². The summed E-state index contributed by atoms with van der Waals surface area (Å²) in [5.41, 5.74) is 4.05. The maximum Gasteiger partial charge on any atom is 0.261 e. The first-order chi connectivity index (χ1) is 13.1. The van der Waals surface area contributed by atoms with Crippen LogP contribution in [0.3, 0.4) is 0 Å². The van der Waals surface area contributed by atoms with Crippen molar-refractivity contribution < 1.29 is 18.7 Å². The summed E-state index contributed by atoms with van der Waals surface area (Å²) in [4.78, 5) is 14.9. The SMILES string of the molecule is CC(C)N1C(=O)/C(=C2/COCCN2)c2cc(NC3CCOCC3F)ccc21. The number of ether oxygens (including phenoxy) is 2. The van der Waals surface area contributed by atoms with Gasteiger partial charge in [-0.1, -0.05) is 0 Å². The number of fused-ring (bicyclic) bond motifs is 1. The molecule has 2 unspecified atom stereocenters. The van der Waals surface area contributed by atoms with E-state index in [0.29, 0.717) is 38.4 Å². The van der Waals surface area contributed by atoms with E-state index in [0.717, 1.165) is 22.6 Å². The number of hydrogen-bond acceptors (Lipinski definition) is 5. The molecule has 1 amide bonds. The van der Waals surface area contributed by atoms with Gasteiger partial charge in [-0.3, -0.25) is 4.79 Å². The molecule has 2 atom stereocenters. The molecule has 7 heteroatoms. The fourth-order valence-corrected chi connectivity index (χ4v) is 3.93. The summed E-state index contributed by atoms with van der Waals surface area (Å²) in [6.07, 6.45) is -0.411. The molecule has 2 fully saturated rings. The Hall–Kier alpha value is -2.12. The zero-order valence-electron chi connectivity index (χ0n) is 15.8. The molecule has 0 spiro atoms. The number of hydrogen-bond donors (Lipinski definition) is 2. The van der Waals surface area contributed by atoms with Gasteiger partial charge in [-0.2, -0.15) is 0 Å². The molecule has 4 rings (SSSR count). The van der Waals surface area contributed by atoms with E-state index in [9.17, 15) is 9.18 Å². The summed E-state index contributed by atoms with van der Waals surface area (Å²) >= 11 is 0. The molecule has 6 nitrogen and oxygen atoms in total. The van der Waals surface area contributed by atoms with E-state index in [-0.39, 0.29) is 24.6 Å². The Morgan fingerprint density at radius 2 is 2.15 bits per heavy atom. The molecule has 0 aromatic heterocycles. The molecule has 0 aliphatic carbocycles. The van der Waals surface area contributed by atoms with Crippen molar-refractivity contribution in [2.45, 2.75) is 38.5 Å². The highest BCUT2D eigenvalue weighted by Crippen LogP contribution is 2.41. The molecular formula is C20H26FN3O3. The highest BCUT2D eigenvalue weighted by molar-refractivity contribution is 6.33. The zero-order chi connectivity index (χ0) is 19.0. The van der Waals surface area contributed by atoms with Gasteiger partial charge in [-0.05, 0) is 38.5 Å². The monoisotopic (exact) mass is 375 g/mol. The molecule has 0 bridgehead atoms. The van der Waals surface area contributed by atoms with Crippen LogP contribution < -0.4 is 15.5 Å². The number of halogens is 1. The minimum absolute atomic E-state index is 0.0143. The molecule has 2 N–H and O–H groups in total. The number of carbonyl (C=O) groups is 1. The van der Waals surface area contributed by atoms with Gasteiger partial charge in [-0.15, -0.1) is 0 Å². The average Bonchev–Trinajstić information content (AvgIpc) is 2.95. The number of alkyl halides is 1. The van der Waals surface area contributed by atoms with E-state index in [1.807, 2.05) is 36.9 Å². The second kappa shape index (κ2) is 7.48. The van der Waals surface area contributed by atoms with Crippen molar-refractivity contribution in [1.29, 1.82) is 0 Å². The molecule has 3 aliphatic heterocycles. The second-order valence-corrected chi connectivity index (χ2v) is 7.46. The van der Waals surface area contributed by atoms with Gasteiger partial charge in [0.05, 0.1) is 42.8 Å². The maximum absolute atomic E-state index is 14.1. The minimum atomic E-state index is -1.04. The number of nitrogens with one attached hydrogen (secondary N) is 2. The summed E-state index contributed by atoms with van der Waals surface area (Å²) in [6, 6.07) is 5.59. The number of anilines is 2. The Morgan fingerprint density at radius 3 is 2.85 bits per heavy atom. The van der Waals surface area contributed by atoms with E-state index in [2.05, 4.69) is 10.6 Å². The molecule has 2 saturated heterocycles. The summed E-state index contributed by atoms with van der Waals surface area (Å²) in [7, 11) is 0. The molecule has 1 aromatic rings. The number of carbonyl (C=O) groups excluding carboxylic acids is 1. The standard InChI is InChI=1S/C20H26FN3O3/c1-12(2)24-18-4-3-13(23-16-5-7-26-10-15(16)21)9-14(18)19(20(24)25)17-11-27-8-6-22-17/h3-4,9,12,15-16,22-23H,5-8,10-11H2,1-2H3/b19-17-. The third-order valence-corrected chi connectivity index (χ3v) is 5.25. The maximum atomic E-state index is 14.1. The summed E-state index contributed by atoms with van der Waals surface area (Å²) in [5.74, 6) is -0.0143. The topological polar surface area (TPSA) is 62.8 Å². The van der Waals surface area contributed by atoms with Crippen LogP contribution in [0, 0.1) is 0 Å². The van der Waals surface area contributed by atoms with Crippen molar-refractivity contribution in [3.8, 4) is 0 Å². The van der Waals surface area contributed by atoms with Crippen molar-refractivity contribution in [3.63, 3.8) is 0 Å². The number of benzene rings is 1.